The third-order valence-electron chi connectivity index (χ3n) is 4.83. The largest absolute Gasteiger partial charge is 0.481 e. The standard InChI is InChI=1S/C19H19NO2S/c1-2-11(19(21)22)9-12-10-15-17(23-12)8-7-14-13-5-3-4-6-16(13)20-18(14)15/h3-6,10-11,20H,2,7-9H2,1H3,(H,21,22). The quantitative estimate of drug-likeness (QED) is 0.733. The van der Waals surface area contributed by atoms with E-state index in [2.05, 4.69) is 35.3 Å². The normalized spacial score (nSPS) is 14.5. The SMILES string of the molecule is CCC(Cc1cc2c(s1)CCc1c-2[nH]c2ccccc12)C(=O)O. The number of carboxylic acid groups (broad SMARTS) is 1. The number of aryl methyl sites for hydroxylation is 2. The van der Waals surface area contributed by atoms with E-state index in [1.54, 1.807) is 11.3 Å². The molecule has 4 heteroatoms. The predicted octanol–water partition coefficient (Wildman–Crippen LogP) is 4.65. The van der Waals surface area contributed by atoms with Crippen molar-refractivity contribution >= 4 is 28.2 Å². The number of fused-ring (bicyclic) bond motifs is 5. The molecule has 0 saturated heterocycles. The molecule has 2 aromatic heterocycles. The van der Waals surface area contributed by atoms with E-state index >= 15 is 0 Å². The van der Waals surface area contributed by atoms with Crippen LogP contribution in [0, 0.1) is 5.92 Å². The zero-order valence-corrected chi connectivity index (χ0v) is 13.9. The molecule has 3 aromatic rings. The van der Waals surface area contributed by atoms with E-state index in [-0.39, 0.29) is 5.92 Å². The van der Waals surface area contributed by atoms with Crippen molar-refractivity contribution in [2.45, 2.75) is 32.6 Å². The number of rotatable bonds is 4. The van der Waals surface area contributed by atoms with E-state index in [4.69, 9.17) is 0 Å². The van der Waals surface area contributed by atoms with Crippen LogP contribution < -0.4 is 0 Å². The van der Waals surface area contributed by atoms with Gasteiger partial charge >= 0.3 is 5.97 Å². The number of hydrogen-bond acceptors (Lipinski definition) is 2. The topological polar surface area (TPSA) is 53.1 Å². The van der Waals surface area contributed by atoms with Crippen LogP contribution in [0.15, 0.2) is 30.3 Å². The van der Waals surface area contributed by atoms with Gasteiger partial charge in [-0.15, -0.1) is 11.3 Å². The Morgan fingerprint density at radius 1 is 1.35 bits per heavy atom. The average Bonchev–Trinajstić information content (AvgIpc) is 3.12. The molecule has 0 aliphatic heterocycles. The molecule has 23 heavy (non-hydrogen) atoms. The lowest BCUT2D eigenvalue weighted by Gasteiger charge is -2.11. The molecule has 1 unspecified atom stereocenters. The molecule has 0 amide bonds. The smallest absolute Gasteiger partial charge is 0.306 e. The number of nitrogens with one attached hydrogen (secondary N) is 1. The number of thiophene rings is 1. The Morgan fingerprint density at radius 2 is 2.17 bits per heavy atom. The van der Waals surface area contributed by atoms with E-state index < -0.39 is 5.97 Å². The lowest BCUT2D eigenvalue weighted by atomic mass is 9.94. The summed E-state index contributed by atoms with van der Waals surface area (Å²) in [6, 6.07) is 10.7. The molecule has 1 aliphatic rings. The minimum absolute atomic E-state index is 0.280. The van der Waals surface area contributed by atoms with Gasteiger partial charge in [-0.25, -0.2) is 0 Å². The van der Waals surface area contributed by atoms with Crippen molar-refractivity contribution in [2.24, 2.45) is 5.92 Å². The molecule has 0 saturated carbocycles. The van der Waals surface area contributed by atoms with Gasteiger partial charge in [-0.3, -0.25) is 4.79 Å². The molecule has 1 atom stereocenters. The van der Waals surface area contributed by atoms with Crippen molar-refractivity contribution in [3.05, 3.63) is 45.6 Å². The summed E-state index contributed by atoms with van der Waals surface area (Å²) < 4.78 is 0. The molecule has 4 rings (SSSR count). The Kier molecular flexibility index (Phi) is 3.49. The van der Waals surface area contributed by atoms with Crippen LogP contribution in [0.1, 0.15) is 28.7 Å². The molecule has 1 aromatic carbocycles. The van der Waals surface area contributed by atoms with Crippen molar-refractivity contribution in [3.8, 4) is 11.3 Å². The number of H-pyrrole nitrogens is 1. The second-order valence-corrected chi connectivity index (χ2v) is 7.44. The maximum absolute atomic E-state index is 11.3. The molecular formula is C19H19NO2S. The van der Waals surface area contributed by atoms with Crippen molar-refractivity contribution < 1.29 is 9.90 Å². The van der Waals surface area contributed by atoms with Crippen LogP contribution in [0.2, 0.25) is 0 Å². The predicted molar refractivity (Wildman–Crippen MR) is 94.1 cm³/mol. The number of hydrogen-bond donors (Lipinski definition) is 2. The third kappa shape index (κ3) is 2.38. The molecule has 2 N–H and O–H groups in total. The summed E-state index contributed by atoms with van der Waals surface area (Å²) in [7, 11) is 0. The number of carboxylic acids is 1. The van der Waals surface area contributed by atoms with Crippen LogP contribution in [0.5, 0.6) is 0 Å². The monoisotopic (exact) mass is 325 g/mol. The van der Waals surface area contributed by atoms with Crippen LogP contribution >= 0.6 is 11.3 Å². The van der Waals surface area contributed by atoms with Crippen molar-refractivity contribution in [1.82, 2.24) is 4.98 Å². The van der Waals surface area contributed by atoms with Gasteiger partial charge in [-0.1, -0.05) is 25.1 Å². The Labute approximate surface area is 139 Å². The Morgan fingerprint density at radius 3 is 2.96 bits per heavy atom. The summed E-state index contributed by atoms with van der Waals surface area (Å²) >= 11 is 1.79. The first-order valence-electron chi connectivity index (χ1n) is 8.11. The Hall–Kier alpha value is -2.07. The minimum Gasteiger partial charge on any atom is -0.481 e. The zero-order chi connectivity index (χ0) is 16.0. The lowest BCUT2D eigenvalue weighted by molar-refractivity contribution is -0.141. The maximum atomic E-state index is 11.3. The Balaban J connectivity index is 1.75. The maximum Gasteiger partial charge on any atom is 0.306 e. The van der Waals surface area contributed by atoms with E-state index in [1.807, 2.05) is 6.92 Å². The molecule has 0 fully saturated rings. The minimum atomic E-state index is -0.690. The van der Waals surface area contributed by atoms with Gasteiger partial charge in [0.25, 0.3) is 0 Å². The first-order chi connectivity index (χ1) is 11.2. The summed E-state index contributed by atoms with van der Waals surface area (Å²) in [5.41, 5.74) is 5.11. The van der Waals surface area contributed by atoms with Gasteiger partial charge in [0.1, 0.15) is 0 Å². The first kappa shape index (κ1) is 14.5. The van der Waals surface area contributed by atoms with Crippen molar-refractivity contribution in [1.29, 1.82) is 0 Å². The molecule has 2 heterocycles. The summed E-state index contributed by atoms with van der Waals surface area (Å²) in [4.78, 5) is 17.4. The van der Waals surface area contributed by atoms with E-state index in [0.29, 0.717) is 12.8 Å². The highest BCUT2D eigenvalue weighted by Crippen LogP contribution is 2.41. The summed E-state index contributed by atoms with van der Waals surface area (Å²) in [5.74, 6) is -0.970. The van der Waals surface area contributed by atoms with Gasteiger partial charge in [0.05, 0.1) is 11.6 Å². The van der Waals surface area contributed by atoms with E-state index in [1.165, 1.54) is 37.5 Å². The fourth-order valence-corrected chi connectivity index (χ4v) is 4.81. The summed E-state index contributed by atoms with van der Waals surface area (Å²) in [6.45, 7) is 1.95. The number of carbonyl (C=O) groups is 1. The average molecular weight is 325 g/mol. The summed E-state index contributed by atoms with van der Waals surface area (Å²) in [5, 5.41) is 10.6. The number of aliphatic carboxylic acids is 1. The molecule has 0 bridgehead atoms. The van der Waals surface area contributed by atoms with Crippen LogP contribution in [-0.2, 0) is 24.1 Å². The molecule has 0 radical (unpaired) electrons. The number of aromatic amines is 1. The van der Waals surface area contributed by atoms with Gasteiger partial charge < -0.3 is 10.1 Å². The zero-order valence-electron chi connectivity index (χ0n) is 13.1. The van der Waals surface area contributed by atoms with E-state index in [9.17, 15) is 9.90 Å². The molecule has 1 aliphatic carbocycles. The highest BCUT2D eigenvalue weighted by Gasteiger charge is 2.24. The molecule has 3 nitrogen and oxygen atoms in total. The highest BCUT2D eigenvalue weighted by molar-refractivity contribution is 7.12. The van der Waals surface area contributed by atoms with Gasteiger partial charge in [-0.2, -0.15) is 0 Å². The highest BCUT2D eigenvalue weighted by atomic mass is 32.1. The fourth-order valence-electron chi connectivity index (χ4n) is 3.56. The second kappa shape index (κ2) is 5.53. The number of benzene rings is 1. The second-order valence-electron chi connectivity index (χ2n) is 6.22. The molecular weight excluding hydrogens is 306 g/mol. The van der Waals surface area contributed by atoms with Crippen molar-refractivity contribution in [2.75, 3.05) is 0 Å². The number of aromatic nitrogens is 1. The molecule has 0 spiro atoms. The number of para-hydroxylation sites is 1. The van der Waals surface area contributed by atoms with Crippen molar-refractivity contribution in [3.63, 3.8) is 0 Å². The first-order valence-corrected chi connectivity index (χ1v) is 8.93. The van der Waals surface area contributed by atoms with Gasteiger partial charge in [0, 0.05) is 26.2 Å². The van der Waals surface area contributed by atoms with Crippen LogP contribution in [0.3, 0.4) is 0 Å². The van der Waals surface area contributed by atoms with Gasteiger partial charge in [0.15, 0.2) is 0 Å². The third-order valence-corrected chi connectivity index (χ3v) is 6.05. The van der Waals surface area contributed by atoms with Crippen LogP contribution in [-0.4, -0.2) is 16.1 Å². The fraction of sp³-hybridized carbons (Fsp3) is 0.316. The molecule has 118 valence electrons. The lowest BCUT2D eigenvalue weighted by Crippen LogP contribution is -2.14. The van der Waals surface area contributed by atoms with Crippen LogP contribution in [0.25, 0.3) is 22.2 Å². The van der Waals surface area contributed by atoms with E-state index in [0.717, 1.165) is 12.8 Å². The summed E-state index contributed by atoms with van der Waals surface area (Å²) in [6.07, 6.45) is 3.43. The Bertz CT molecular complexity index is 890. The van der Waals surface area contributed by atoms with Gasteiger partial charge in [-0.05, 0) is 43.4 Å². The van der Waals surface area contributed by atoms with Gasteiger partial charge in [0.2, 0.25) is 0 Å². The van der Waals surface area contributed by atoms with Crippen LogP contribution in [0.4, 0.5) is 0 Å².